The van der Waals surface area contributed by atoms with Crippen LogP contribution in [0.2, 0.25) is 0 Å². The van der Waals surface area contributed by atoms with Gasteiger partial charge >= 0.3 is 6.03 Å². The Bertz CT molecular complexity index is 1050. The maximum Gasteiger partial charge on any atom is 0.332 e. The summed E-state index contributed by atoms with van der Waals surface area (Å²) in [6, 6.07) is 19.3. The van der Waals surface area contributed by atoms with Crippen molar-refractivity contribution in [3.63, 3.8) is 0 Å². The van der Waals surface area contributed by atoms with Gasteiger partial charge in [-0.25, -0.2) is 13.5 Å². The smallest absolute Gasteiger partial charge is 0.332 e. The third-order valence-electron chi connectivity index (χ3n) is 4.14. The van der Waals surface area contributed by atoms with E-state index in [4.69, 9.17) is 4.74 Å². The predicted octanol–water partition coefficient (Wildman–Crippen LogP) is 5.12. The summed E-state index contributed by atoms with van der Waals surface area (Å²) < 4.78 is 21.5. The van der Waals surface area contributed by atoms with Crippen molar-refractivity contribution in [1.82, 2.24) is 5.32 Å². The highest BCUT2D eigenvalue weighted by molar-refractivity contribution is 14.1. The first-order chi connectivity index (χ1) is 14.9. The molecule has 0 aliphatic heterocycles. The summed E-state index contributed by atoms with van der Waals surface area (Å²) in [4.78, 5) is 24.4. The number of hydrogen-bond donors (Lipinski definition) is 3. The lowest BCUT2D eigenvalue weighted by Crippen LogP contribution is -2.36. The van der Waals surface area contributed by atoms with Crippen LogP contribution in [0, 0.1) is 9.39 Å². The first-order valence-electron chi connectivity index (χ1n) is 9.25. The minimum Gasteiger partial charge on any atom is -0.492 e. The molecule has 0 atom stereocenters. The molecule has 0 unspecified atom stereocenters. The molecule has 160 valence electrons. The summed E-state index contributed by atoms with van der Waals surface area (Å²) in [7, 11) is 0. The maximum absolute atomic E-state index is 13.7. The second-order valence-corrected chi connectivity index (χ2v) is 7.97. The standard InChI is InChI=1S/C22H19FIN3O3S/c23-20-4-2-1-3-19(20)21(28)26-16-7-9-17(10-8-16)27(31)22(29)25-13-14-30-18-11-5-15(24)6-12-18/h1-12,31H,13-14H2,(H,25,29)(H,26,28). The molecular formula is C22H19FIN3O3S. The van der Waals surface area contributed by atoms with E-state index in [-0.39, 0.29) is 5.56 Å². The number of hydrogen-bond acceptors (Lipinski definition) is 4. The minimum absolute atomic E-state index is 0.0470. The van der Waals surface area contributed by atoms with Gasteiger partial charge in [0.1, 0.15) is 18.2 Å². The molecule has 0 saturated heterocycles. The number of amides is 3. The minimum atomic E-state index is -0.596. The van der Waals surface area contributed by atoms with E-state index < -0.39 is 17.8 Å². The molecule has 3 aromatic carbocycles. The molecule has 3 rings (SSSR count). The van der Waals surface area contributed by atoms with Crippen LogP contribution in [0.4, 0.5) is 20.6 Å². The molecule has 3 aromatic rings. The third-order valence-corrected chi connectivity index (χ3v) is 5.27. The van der Waals surface area contributed by atoms with Gasteiger partial charge in [-0.3, -0.25) is 4.79 Å². The number of carbonyl (C=O) groups excluding carboxylic acids is 2. The van der Waals surface area contributed by atoms with Crippen LogP contribution >= 0.6 is 35.4 Å². The SMILES string of the molecule is O=C(Nc1ccc(N(S)C(=O)NCCOc2ccc(I)cc2)cc1)c1ccccc1F. The zero-order valence-corrected chi connectivity index (χ0v) is 19.3. The molecule has 0 bridgehead atoms. The Balaban J connectivity index is 1.48. The van der Waals surface area contributed by atoms with Gasteiger partial charge in [-0.2, -0.15) is 0 Å². The van der Waals surface area contributed by atoms with Gasteiger partial charge in [0, 0.05) is 9.26 Å². The Morgan fingerprint density at radius 2 is 1.68 bits per heavy atom. The number of thiol groups is 1. The predicted molar refractivity (Wildman–Crippen MR) is 130 cm³/mol. The van der Waals surface area contributed by atoms with Gasteiger partial charge in [0.25, 0.3) is 5.91 Å². The van der Waals surface area contributed by atoms with Gasteiger partial charge in [0.2, 0.25) is 0 Å². The summed E-state index contributed by atoms with van der Waals surface area (Å²) in [6.45, 7) is 0.619. The molecule has 9 heteroatoms. The summed E-state index contributed by atoms with van der Waals surface area (Å²) in [5.41, 5.74) is 0.919. The summed E-state index contributed by atoms with van der Waals surface area (Å²) in [5, 5.41) is 5.33. The van der Waals surface area contributed by atoms with Gasteiger partial charge in [-0.1, -0.05) is 24.9 Å². The van der Waals surface area contributed by atoms with Crippen molar-refractivity contribution < 1.29 is 18.7 Å². The molecule has 0 aromatic heterocycles. The molecule has 0 aliphatic rings. The molecule has 2 N–H and O–H groups in total. The fraction of sp³-hybridized carbons (Fsp3) is 0.0909. The van der Waals surface area contributed by atoms with Gasteiger partial charge < -0.3 is 15.4 Å². The topological polar surface area (TPSA) is 70.7 Å². The lowest BCUT2D eigenvalue weighted by atomic mass is 10.2. The van der Waals surface area contributed by atoms with Crippen molar-refractivity contribution in [3.8, 4) is 5.75 Å². The molecule has 3 amide bonds. The fourth-order valence-corrected chi connectivity index (χ4v) is 3.14. The molecule has 6 nitrogen and oxygen atoms in total. The molecule has 0 aliphatic carbocycles. The van der Waals surface area contributed by atoms with Crippen LogP contribution < -0.4 is 19.7 Å². The van der Waals surface area contributed by atoms with Crippen molar-refractivity contribution in [2.45, 2.75) is 0 Å². The van der Waals surface area contributed by atoms with Crippen LogP contribution in [0.3, 0.4) is 0 Å². The first-order valence-corrected chi connectivity index (χ1v) is 10.7. The van der Waals surface area contributed by atoms with Crippen LogP contribution in [0.15, 0.2) is 72.8 Å². The monoisotopic (exact) mass is 551 g/mol. The highest BCUT2D eigenvalue weighted by Gasteiger charge is 2.13. The van der Waals surface area contributed by atoms with Crippen molar-refractivity contribution >= 4 is 58.7 Å². The normalized spacial score (nSPS) is 10.3. The molecule has 31 heavy (non-hydrogen) atoms. The Labute approximate surface area is 198 Å². The number of nitrogens with one attached hydrogen (secondary N) is 2. The van der Waals surface area contributed by atoms with E-state index in [2.05, 4.69) is 46.0 Å². The average molecular weight is 551 g/mol. The van der Waals surface area contributed by atoms with Gasteiger partial charge in [0.05, 0.1) is 17.8 Å². The van der Waals surface area contributed by atoms with E-state index in [9.17, 15) is 14.0 Å². The van der Waals surface area contributed by atoms with E-state index in [0.717, 1.165) is 13.6 Å². The Hall–Kier alpha value is -2.79. The van der Waals surface area contributed by atoms with E-state index in [0.29, 0.717) is 24.5 Å². The van der Waals surface area contributed by atoms with E-state index in [1.807, 2.05) is 24.3 Å². The molecule has 0 radical (unpaired) electrons. The average Bonchev–Trinajstić information content (AvgIpc) is 2.78. The highest BCUT2D eigenvalue weighted by Crippen LogP contribution is 2.20. The van der Waals surface area contributed by atoms with Gasteiger partial charge in [-0.15, -0.1) is 0 Å². The number of anilines is 2. The van der Waals surface area contributed by atoms with Crippen molar-refractivity contribution in [3.05, 3.63) is 87.7 Å². The summed E-state index contributed by atoms with van der Waals surface area (Å²) >= 11 is 6.43. The second kappa shape index (κ2) is 11.0. The van der Waals surface area contributed by atoms with Crippen LogP contribution in [-0.2, 0) is 0 Å². The lowest BCUT2D eigenvalue weighted by molar-refractivity contribution is 0.102. The van der Waals surface area contributed by atoms with Crippen molar-refractivity contribution in [2.24, 2.45) is 0 Å². The Kier molecular flexibility index (Phi) is 8.13. The zero-order valence-electron chi connectivity index (χ0n) is 16.2. The zero-order chi connectivity index (χ0) is 22.2. The maximum atomic E-state index is 13.7. The lowest BCUT2D eigenvalue weighted by Gasteiger charge is -2.17. The molecule has 0 spiro atoms. The van der Waals surface area contributed by atoms with Crippen LogP contribution in [0.5, 0.6) is 5.75 Å². The summed E-state index contributed by atoms with van der Waals surface area (Å²) in [6.07, 6.45) is 0. The van der Waals surface area contributed by atoms with Crippen LogP contribution in [0.25, 0.3) is 0 Å². The largest absolute Gasteiger partial charge is 0.492 e. The second-order valence-electron chi connectivity index (χ2n) is 6.33. The van der Waals surface area contributed by atoms with Gasteiger partial charge in [-0.05, 0) is 83.3 Å². The Morgan fingerprint density at radius 3 is 2.35 bits per heavy atom. The fourth-order valence-electron chi connectivity index (χ4n) is 2.58. The number of rotatable bonds is 7. The summed E-state index contributed by atoms with van der Waals surface area (Å²) in [5.74, 6) is -0.425. The number of carbonyl (C=O) groups is 2. The van der Waals surface area contributed by atoms with E-state index >= 15 is 0 Å². The third kappa shape index (κ3) is 6.59. The van der Waals surface area contributed by atoms with Gasteiger partial charge in [0.15, 0.2) is 0 Å². The number of halogens is 2. The number of benzene rings is 3. The van der Waals surface area contributed by atoms with Crippen molar-refractivity contribution in [1.29, 1.82) is 0 Å². The number of urea groups is 1. The molecule has 0 saturated carbocycles. The van der Waals surface area contributed by atoms with Crippen LogP contribution in [-0.4, -0.2) is 25.1 Å². The highest BCUT2D eigenvalue weighted by atomic mass is 127. The van der Waals surface area contributed by atoms with Crippen molar-refractivity contribution in [2.75, 3.05) is 22.8 Å². The molecule has 0 heterocycles. The number of nitrogens with zero attached hydrogens (tertiary/aromatic N) is 1. The Morgan fingerprint density at radius 1 is 1.00 bits per heavy atom. The molecule has 0 fully saturated rings. The quantitative estimate of drug-likeness (QED) is 0.217. The number of ether oxygens (including phenoxy) is 1. The van der Waals surface area contributed by atoms with E-state index in [1.54, 1.807) is 30.3 Å². The first kappa shape index (κ1) is 22.9. The van der Waals surface area contributed by atoms with E-state index in [1.165, 1.54) is 18.2 Å². The van der Waals surface area contributed by atoms with Crippen LogP contribution in [0.1, 0.15) is 10.4 Å². The molecular weight excluding hydrogens is 532 g/mol.